The highest BCUT2D eigenvalue weighted by Crippen LogP contribution is 2.11. The summed E-state index contributed by atoms with van der Waals surface area (Å²) in [6, 6.07) is 5.91. The Kier molecular flexibility index (Phi) is 4.20. The van der Waals surface area contributed by atoms with Crippen molar-refractivity contribution < 1.29 is 23.9 Å². The van der Waals surface area contributed by atoms with E-state index in [1.54, 1.807) is 19.1 Å². The van der Waals surface area contributed by atoms with E-state index in [1.165, 1.54) is 12.1 Å². The first kappa shape index (κ1) is 11.9. The van der Waals surface area contributed by atoms with Crippen LogP contribution in [0.4, 0.5) is 0 Å². The van der Waals surface area contributed by atoms with Gasteiger partial charge in [0, 0.05) is 0 Å². The monoisotopic (exact) mass is 221 g/mol. The summed E-state index contributed by atoms with van der Waals surface area (Å²) < 4.78 is 8.80. The third kappa shape index (κ3) is 2.66. The zero-order chi connectivity index (χ0) is 12.0. The van der Waals surface area contributed by atoms with Crippen molar-refractivity contribution in [2.24, 2.45) is 0 Å². The molecule has 0 spiro atoms. The summed E-state index contributed by atoms with van der Waals surface area (Å²) in [6.07, 6.45) is 0. The van der Waals surface area contributed by atoms with Gasteiger partial charge < -0.3 is 9.47 Å². The molecule has 0 bridgehead atoms. The number of carbonyl (C=O) groups excluding carboxylic acids is 3. The van der Waals surface area contributed by atoms with Crippen molar-refractivity contribution in [2.75, 3.05) is 6.61 Å². The highest BCUT2D eigenvalue weighted by Gasteiger charge is 2.18. The van der Waals surface area contributed by atoms with Crippen LogP contribution in [0, 0.1) is 0 Å². The van der Waals surface area contributed by atoms with Crippen LogP contribution in [-0.4, -0.2) is 25.0 Å². The van der Waals surface area contributed by atoms with E-state index in [4.69, 9.17) is 4.74 Å². The molecule has 0 saturated carbocycles. The Bertz CT molecular complexity index is 411. The van der Waals surface area contributed by atoms with Crippen LogP contribution >= 0.6 is 0 Å². The minimum absolute atomic E-state index is 0.0238. The van der Waals surface area contributed by atoms with Gasteiger partial charge in [0.2, 0.25) is 0 Å². The number of ether oxygens (including phenoxy) is 2. The molecule has 0 unspecified atom stereocenters. The van der Waals surface area contributed by atoms with Gasteiger partial charge in [-0.3, -0.25) is 0 Å². The largest absolute Gasteiger partial charge is 0.462 e. The van der Waals surface area contributed by atoms with Gasteiger partial charge in [-0.05, 0) is 19.1 Å². The van der Waals surface area contributed by atoms with Gasteiger partial charge in [-0.15, -0.1) is 0 Å². The summed E-state index contributed by atoms with van der Waals surface area (Å²) in [6.45, 7) is 2.86. The second kappa shape index (κ2) is 5.65. The lowest BCUT2D eigenvalue weighted by Crippen LogP contribution is -2.13. The minimum Gasteiger partial charge on any atom is -0.462 e. The van der Waals surface area contributed by atoms with Gasteiger partial charge in [-0.2, -0.15) is 0 Å². The van der Waals surface area contributed by atoms with Gasteiger partial charge >= 0.3 is 18.4 Å². The normalized spacial score (nSPS) is 9.31. The number of hydrogen-bond donors (Lipinski definition) is 0. The van der Waals surface area contributed by atoms with Crippen LogP contribution in [0.25, 0.3) is 0 Å². The van der Waals surface area contributed by atoms with Gasteiger partial charge in [0.15, 0.2) is 0 Å². The van der Waals surface area contributed by atoms with Gasteiger partial charge in [-0.25, -0.2) is 14.4 Å². The Balaban J connectivity index is 3.04. The molecular weight excluding hydrogens is 212 g/mol. The third-order valence-electron chi connectivity index (χ3n) is 1.78. The molecule has 1 rings (SSSR count). The molecule has 5 nitrogen and oxygen atoms in total. The molecule has 1 aromatic carbocycles. The zero-order valence-electron chi connectivity index (χ0n) is 8.56. The topological polar surface area (TPSA) is 69.7 Å². The molecular formula is C11H9O5. The fourth-order valence-corrected chi connectivity index (χ4v) is 1.14. The molecule has 0 aliphatic heterocycles. The van der Waals surface area contributed by atoms with E-state index < -0.39 is 11.9 Å². The Labute approximate surface area is 92.0 Å². The summed E-state index contributed by atoms with van der Waals surface area (Å²) in [7, 11) is 0. The van der Waals surface area contributed by atoms with E-state index in [-0.39, 0.29) is 17.7 Å². The molecule has 1 aromatic rings. The molecule has 0 atom stereocenters. The van der Waals surface area contributed by atoms with Crippen molar-refractivity contribution >= 4 is 18.4 Å². The summed E-state index contributed by atoms with van der Waals surface area (Å²) in [5.74, 6) is -1.57. The third-order valence-corrected chi connectivity index (χ3v) is 1.78. The lowest BCUT2D eigenvalue weighted by molar-refractivity contribution is 0.0515. The van der Waals surface area contributed by atoms with E-state index in [9.17, 15) is 14.4 Å². The number of rotatable bonds is 4. The van der Waals surface area contributed by atoms with Gasteiger partial charge in [0.1, 0.15) is 0 Å². The van der Waals surface area contributed by atoms with Crippen molar-refractivity contribution in [3.63, 3.8) is 0 Å². The van der Waals surface area contributed by atoms with Crippen LogP contribution in [0.1, 0.15) is 27.6 Å². The maximum absolute atomic E-state index is 11.4. The molecule has 0 heterocycles. The maximum Gasteiger partial charge on any atom is 0.425 e. The summed E-state index contributed by atoms with van der Waals surface area (Å²) in [4.78, 5) is 32.6. The average molecular weight is 221 g/mol. The van der Waals surface area contributed by atoms with Crippen LogP contribution in [-0.2, 0) is 14.3 Å². The molecule has 5 heteroatoms. The quantitative estimate of drug-likeness (QED) is 0.562. The molecule has 0 aliphatic carbocycles. The molecule has 0 aliphatic rings. The van der Waals surface area contributed by atoms with E-state index in [2.05, 4.69) is 4.74 Å². The molecule has 16 heavy (non-hydrogen) atoms. The molecule has 0 amide bonds. The second-order valence-corrected chi connectivity index (χ2v) is 2.74. The predicted molar refractivity (Wildman–Crippen MR) is 53.5 cm³/mol. The minimum atomic E-state index is -0.932. The van der Waals surface area contributed by atoms with Gasteiger partial charge in [0.25, 0.3) is 0 Å². The lowest BCUT2D eigenvalue weighted by Gasteiger charge is -2.05. The molecule has 0 N–H and O–H groups in total. The summed E-state index contributed by atoms with van der Waals surface area (Å²) >= 11 is 0. The average Bonchev–Trinajstić information content (AvgIpc) is 2.30. The Morgan fingerprint density at radius 3 is 2.25 bits per heavy atom. The van der Waals surface area contributed by atoms with Crippen LogP contribution < -0.4 is 0 Å². The smallest absolute Gasteiger partial charge is 0.425 e. The summed E-state index contributed by atoms with van der Waals surface area (Å²) in [5, 5.41) is 0. The van der Waals surface area contributed by atoms with Crippen LogP contribution in [0.5, 0.6) is 0 Å². The number of carbonyl (C=O) groups is 2. The lowest BCUT2D eigenvalue weighted by atomic mass is 10.1. The van der Waals surface area contributed by atoms with E-state index in [1.807, 2.05) is 0 Å². The second-order valence-electron chi connectivity index (χ2n) is 2.74. The summed E-state index contributed by atoms with van der Waals surface area (Å²) in [5.41, 5.74) is 0.0360. The Morgan fingerprint density at radius 1 is 1.19 bits per heavy atom. The molecule has 0 aromatic heterocycles. The van der Waals surface area contributed by atoms with Crippen molar-refractivity contribution in [1.29, 1.82) is 0 Å². The number of esters is 2. The maximum atomic E-state index is 11.4. The first-order chi connectivity index (χ1) is 7.70. The van der Waals surface area contributed by atoms with Crippen LogP contribution in [0.15, 0.2) is 24.3 Å². The molecule has 0 fully saturated rings. The first-order valence-corrected chi connectivity index (χ1v) is 4.55. The predicted octanol–water partition coefficient (Wildman–Crippen LogP) is 1.09. The fraction of sp³-hybridized carbons (Fsp3) is 0.182. The van der Waals surface area contributed by atoms with E-state index in [0.29, 0.717) is 0 Å². The van der Waals surface area contributed by atoms with Crippen molar-refractivity contribution in [3.8, 4) is 0 Å². The van der Waals surface area contributed by atoms with Gasteiger partial charge in [-0.1, -0.05) is 12.1 Å². The van der Waals surface area contributed by atoms with Crippen LogP contribution in [0.3, 0.4) is 0 Å². The van der Waals surface area contributed by atoms with Crippen molar-refractivity contribution in [1.82, 2.24) is 0 Å². The van der Waals surface area contributed by atoms with Crippen molar-refractivity contribution in [2.45, 2.75) is 6.92 Å². The SMILES string of the molecule is CCOC(=O)c1ccccc1C(=O)O[C]=O. The first-order valence-electron chi connectivity index (χ1n) is 4.55. The zero-order valence-corrected chi connectivity index (χ0v) is 8.56. The number of hydrogen-bond acceptors (Lipinski definition) is 5. The fourth-order valence-electron chi connectivity index (χ4n) is 1.14. The van der Waals surface area contributed by atoms with E-state index in [0.717, 1.165) is 6.47 Å². The Hall–Kier alpha value is -2.17. The molecule has 0 saturated heterocycles. The number of benzene rings is 1. The van der Waals surface area contributed by atoms with E-state index >= 15 is 0 Å². The Morgan fingerprint density at radius 2 is 1.75 bits per heavy atom. The molecule has 83 valence electrons. The molecule has 1 radical (unpaired) electrons. The standard InChI is InChI=1S/C11H9O5/c1-2-15-10(13)8-5-3-4-6-9(8)11(14)16-7-12/h3-6H,2H2,1H3. The highest BCUT2D eigenvalue weighted by atomic mass is 16.6. The van der Waals surface area contributed by atoms with Crippen molar-refractivity contribution in [3.05, 3.63) is 35.4 Å². The van der Waals surface area contributed by atoms with Gasteiger partial charge in [0.05, 0.1) is 17.7 Å². The van der Waals surface area contributed by atoms with Crippen LogP contribution in [0.2, 0.25) is 0 Å². The highest BCUT2D eigenvalue weighted by molar-refractivity contribution is 6.04.